The zero-order valence-corrected chi connectivity index (χ0v) is 13.3. The molecule has 2 atom stereocenters. The van der Waals surface area contributed by atoms with Crippen LogP contribution in [0.1, 0.15) is 31.1 Å². The first kappa shape index (κ1) is 14.6. The third-order valence-corrected chi connectivity index (χ3v) is 5.41. The summed E-state index contributed by atoms with van der Waals surface area (Å²) in [7, 11) is 0. The second-order valence-electron chi connectivity index (χ2n) is 5.55. The molecule has 0 radical (unpaired) electrons. The fourth-order valence-electron chi connectivity index (χ4n) is 2.60. The lowest BCUT2D eigenvalue weighted by atomic mass is 10.1. The smallest absolute Gasteiger partial charge is 0.240 e. The number of hydrogen-bond acceptors (Lipinski definition) is 5. The Kier molecular flexibility index (Phi) is 4.60. The van der Waals surface area contributed by atoms with E-state index in [-0.39, 0.29) is 0 Å². The molecule has 0 amide bonds. The molecule has 1 aromatic heterocycles. The molecule has 2 heterocycles. The maximum Gasteiger partial charge on any atom is 0.240 e. The van der Waals surface area contributed by atoms with Crippen molar-refractivity contribution in [3.05, 3.63) is 47.6 Å². The van der Waals surface area contributed by atoms with E-state index in [0.29, 0.717) is 11.3 Å². The van der Waals surface area contributed by atoms with Gasteiger partial charge < -0.3 is 4.52 Å². The van der Waals surface area contributed by atoms with E-state index in [1.807, 2.05) is 30.0 Å². The van der Waals surface area contributed by atoms with Gasteiger partial charge in [-0.3, -0.25) is 4.90 Å². The largest absolute Gasteiger partial charge is 0.338 e. The van der Waals surface area contributed by atoms with E-state index in [1.165, 1.54) is 11.3 Å². The predicted octanol–water partition coefficient (Wildman–Crippen LogP) is 2.99. The molecule has 0 aliphatic carbocycles. The second-order valence-corrected chi connectivity index (χ2v) is 7.04. The average Bonchev–Trinajstić information content (AvgIpc) is 2.92. The Balaban J connectivity index is 1.62. The van der Waals surface area contributed by atoms with Gasteiger partial charge in [0.15, 0.2) is 5.82 Å². The molecule has 2 unspecified atom stereocenters. The van der Waals surface area contributed by atoms with E-state index in [1.54, 1.807) is 0 Å². The molecule has 1 aliphatic heterocycles. The normalized spacial score (nSPS) is 23.3. The van der Waals surface area contributed by atoms with Crippen LogP contribution in [0.2, 0.25) is 0 Å². The second kappa shape index (κ2) is 6.62. The Morgan fingerprint density at radius 2 is 2.10 bits per heavy atom. The minimum absolute atomic E-state index is 0.549. The molecule has 1 saturated heterocycles. The van der Waals surface area contributed by atoms with Gasteiger partial charge in [-0.25, -0.2) is 0 Å². The summed E-state index contributed by atoms with van der Waals surface area (Å²) in [5.74, 6) is 2.67. The van der Waals surface area contributed by atoms with Crippen LogP contribution in [0.15, 0.2) is 34.9 Å². The van der Waals surface area contributed by atoms with Crippen molar-refractivity contribution in [3.8, 4) is 0 Å². The zero-order valence-electron chi connectivity index (χ0n) is 12.5. The molecule has 0 N–H and O–H groups in total. The van der Waals surface area contributed by atoms with Crippen LogP contribution in [0.3, 0.4) is 0 Å². The minimum Gasteiger partial charge on any atom is -0.338 e. The maximum absolute atomic E-state index is 5.41. The molecule has 1 fully saturated rings. The molecule has 1 aliphatic rings. The Labute approximate surface area is 129 Å². The van der Waals surface area contributed by atoms with Crippen LogP contribution in [-0.2, 0) is 13.0 Å². The third-order valence-electron chi connectivity index (χ3n) is 4.07. The molecule has 4 nitrogen and oxygen atoms in total. The van der Waals surface area contributed by atoms with Gasteiger partial charge in [0.05, 0.1) is 6.54 Å². The van der Waals surface area contributed by atoms with Crippen LogP contribution in [0.25, 0.3) is 0 Å². The number of rotatable bonds is 4. The number of aromatic nitrogens is 2. The van der Waals surface area contributed by atoms with Crippen molar-refractivity contribution in [3.63, 3.8) is 0 Å². The first-order valence-corrected chi connectivity index (χ1v) is 8.48. The molecular weight excluding hydrogens is 282 g/mol. The van der Waals surface area contributed by atoms with Gasteiger partial charge >= 0.3 is 0 Å². The highest BCUT2D eigenvalue weighted by Crippen LogP contribution is 2.25. The summed E-state index contributed by atoms with van der Waals surface area (Å²) in [5.41, 5.74) is 1.21. The van der Waals surface area contributed by atoms with E-state index in [4.69, 9.17) is 4.52 Å². The number of benzene rings is 1. The van der Waals surface area contributed by atoms with Crippen molar-refractivity contribution in [1.82, 2.24) is 15.0 Å². The average molecular weight is 303 g/mol. The van der Waals surface area contributed by atoms with Gasteiger partial charge in [0.1, 0.15) is 0 Å². The highest BCUT2D eigenvalue weighted by Gasteiger charge is 2.26. The summed E-state index contributed by atoms with van der Waals surface area (Å²) in [6.07, 6.45) is 0.728. The Morgan fingerprint density at radius 1 is 1.29 bits per heavy atom. The first-order chi connectivity index (χ1) is 10.2. The zero-order chi connectivity index (χ0) is 14.7. The fourth-order valence-corrected chi connectivity index (χ4v) is 3.76. The lowest BCUT2D eigenvalue weighted by Crippen LogP contribution is -2.44. The van der Waals surface area contributed by atoms with E-state index in [2.05, 4.69) is 41.0 Å². The van der Waals surface area contributed by atoms with Gasteiger partial charge in [-0.15, -0.1) is 0 Å². The summed E-state index contributed by atoms with van der Waals surface area (Å²) in [6, 6.07) is 10.8. The summed E-state index contributed by atoms with van der Waals surface area (Å²) in [4.78, 5) is 6.96. The molecule has 0 spiro atoms. The molecule has 0 bridgehead atoms. The molecule has 112 valence electrons. The molecule has 3 rings (SSSR count). The van der Waals surface area contributed by atoms with Gasteiger partial charge in [-0.2, -0.15) is 16.7 Å². The molecule has 21 heavy (non-hydrogen) atoms. The van der Waals surface area contributed by atoms with Gasteiger partial charge in [0, 0.05) is 30.0 Å². The number of nitrogens with zero attached hydrogens (tertiary/aromatic N) is 3. The summed E-state index contributed by atoms with van der Waals surface area (Å²) >= 11 is 2.04. The highest BCUT2D eigenvalue weighted by atomic mass is 32.2. The molecule has 5 heteroatoms. The van der Waals surface area contributed by atoms with Gasteiger partial charge in [0.2, 0.25) is 5.89 Å². The summed E-state index contributed by atoms with van der Waals surface area (Å²) in [5, 5.41) is 4.76. The Morgan fingerprint density at radius 3 is 2.90 bits per heavy atom. The summed E-state index contributed by atoms with van der Waals surface area (Å²) < 4.78 is 5.41. The number of thioether (sulfide) groups is 1. The highest BCUT2D eigenvalue weighted by molar-refractivity contribution is 8.00. The SMILES string of the molecule is CC1SCCN(Cc2nc(Cc3ccccc3)no2)C1C. The van der Waals surface area contributed by atoms with Crippen LogP contribution in [0, 0.1) is 0 Å². The van der Waals surface area contributed by atoms with Crippen molar-refractivity contribution < 1.29 is 4.52 Å². The van der Waals surface area contributed by atoms with Crippen molar-refractivity contribution in [2.24, 2.45) is 0 Å². The number of hydrogen-bond donors (Lipinski definition) is 0. The minimum atomic E-state index is 0.549. The molecule has 0 saturated carbocycles. The van der Waals surface area contributed by atoms with Crippen LogP contribution in [-0.4, -0.2) is 38.6 Å². The van der Waals surface area contributed by atoms with E-state index >= 15 is 0 Å². The quantitative estimate of drug-likeness (QED) is 0.868. The van der Waals surface area contributed by atoms with Crippen molar-refractivity contribution in [2.45, 2.75) is 38.1 Å². The Hall–Kier alpha value is -1.33. The molecular formula is C16H21N3OS. The lowest BCUT2D eigenvalue weighted by molar-refractivity contribution is 0.178. The predicted molar refractivity (Wildman–Crippen MR) is 85.3 cm³/mol. The third kappa shape index (κ3) is 3.66. The summed E-state index contributed by atoms with van der Waals surface area (Å²) in [6.45, 7) is 6.41. The standard InChI is InChI=1S/C16H21N3OS/c1-12-13(2)21-9-8-19(12)11-16-17-15(18-20-16)10-14-6-4-3-5-7-14/h3-7,12-13H,8-11H2,1-2H3. The van der Waals surface area contributed by atoms with Gasteiger partial charge in [-0.05, 0) is 12.5 Å². The molecule has 2 aromatic rings. The maximum atomic E-state index is 5.41. The topological polar surface area (TPSA) is 42.2 Å². The van der Waals surface area contributed by atoms with E-state index < -0.39 is 0 Å². The van der Waals surface area contributed by atoms with Crippen molar-refractivity contribution in [2.75, 3.05) is 12.3 Å². The van der Waals surface area contributed by atoms with E-state index in [9.17, 15) is 0 Å². The first-order valence-electron chi connectivity index (χ1n) is 7.43. The lowest BCUT2D eigenvalue weighted by Gasteiger charge is -2.36. The Bertz CT molecular complexity index is 572. The van der Waals surface area contributed by atoms with Crippen LogP contribution < -0.4 is 0 Å². The monoisotopic (exact) mass is 303 g/mol. The fraction of sp³-hybridized carbons (Fsp3) is 0.500. The van der Waals surface area contributed by atoms with Crippen LogP contribution in [0.4, 0.5) is 0 Å². The van der Waals surface area contributed by atoms with Gasteiger partial charge in [0.25, 0.3) is 0 Å². The van der Waals surface area contributed by atoms with E-state index in [0.717, 1.165) is 31.2 Å². The molecule has 1 aromatic carbocycles. The van der Waals surface area contributed by atoms with Crippen molar-refractivity contribution >= 4 is 11.8 Å². The van der Waals surface area contributed by atoms with Crippen molar-refractivity contribution in [1.29, 1.82) is 0 Å². The van der Waals surface area contributed by atoms with Crippen LogP contribution >= 0.6 is 11.8 Å². The van der Waals surface area contributed by atoms with Crippen LogP contribution in [0.5, 0.6) is 0 Å². The van der Waals surface area contributed by atoms with Gasteiger partial charge in [-0.1, -0.05) is 42.4 Å².